The Morgan fingerprint density at radius 2 is 2.24 bits per heavy atom. The van der Waals surface area contributed by atoms with Crippen LogP contribution < -0.4 is 10.6 Å². The van der Waals surface area contributed by atoms with Gasteiger partial charge in [-0.15, -0.1) is 0 Å². The Hall–Kier alpha value is -0.610. The van der Waals surface area contributed by atoms with Gasteiger partial charge >= 0.3 is 0 Å². The van der Waals surface area contributed by atoms with Crippen molar-refractivity contribution in [2.75, 3.05) is 26.8 Å². The molecule has 1 unspecified atom stereocenters. The highest BCUT2D eigenvalue weighted by atomic mass is 16.5. The number of hydrogen-bond donors (Lipinski definition) is 2. The SMILES string of the molecule is COCCCCNC(=O)C1NCCCC1(C)C. The molecule has 100 valence electrons. The summed E-state index contributed by atoms with van der Waals surface area (Å²) in [6.45, 7) is 6.79. The summed E-state index contributed by atoms with van der Waals surface area (Å²) < 4.78 is 4.97. The van der Waals surface area contributed by atoms with Crippen molar-refractivity contribution < 1.29 is 9.53 Å². The summed E-state index contributed by atoms with van der Waals surface area (Å²) in [5.41, 5.74) is 0.0643. The van der Waals surface area contributed by atoms with Crippen molar-refractivity contribution in [1.82, 2.24) is 10.6 Å². The maximum Gasteiger partial charge on any atom is 0.237 e. The number of unbranched alkanes of at least 4 members (excludes halogenated alkanes) is 1. The molecule has 0 bridgehead atoms. The molecule has 1 saturated heterocycles. The molecule has 4 nitrogen and oxygen atoms in total. The van der Waals surface area contributed by atoms with Gasteiger partial charge in [0.05, 0.1) is 6.04 Å². The maximum absolute atomic E-state index is 12.0. The van der Waals surface area contributed by atoms with E-state index in [0.717, 1.165) is 45.4 Å². The molecule has 17 heavy (non-hydrogen) atoms. The average molecular weight is 242 g/mol. The quantitative estimate of drug-likeness (QED) is 0.690. The van der Waals surface area contributed by atoms with Crippen LogP contribution in [0.1, 0.15) is 39.5 Å². The minimum absolute atomic E-state index is 0.0429. The standard InChI is InChI=1S/C13H26N2O2/c1-13(2)7-6-9-14-11(13)12(16)15-8-4-5-10-17-3/h11,14H,4-10H2,1-3H3,(H,15,16). The molecule has 1 heterocycles. The Labute approximate surface area is 104 Å². The van der Waals surface area contributed by atoms with E-state index in [2.05, 4.69) is 24.5 Å². The number of carbonyl (C=O) groups is 1. The van der Waals surface area contributed by atoms with Crippen LogP contribution in [0.4, 0.5) is 0 Å². The number of hydrogen-bond acceptors (Lipinski definition) is 3. The van der Waals surface area contributed by atoms with Crippen LogP contribution in [0.5, 0.6) is 0 Å². The van der Waals surface area contributed by atoms with Crippen molar-refractivity contribution in [2.24, 2.45) is 5.41 Å². The molecule has 0 aromatic carbocycles. The van der Waals surface area contributed by atoms with E-state index in [-0.39, 0.29) is 17.4 Å². The third-order valence-electron chi connectivity index (χ3n) is 3.46. The molecule has 0 spiro atoms. The lowest BCUT2D eigenvalue weighted by molar-refractivity contribution is -0.126. The van der Waals surface area contributed by atoms with Crippen LogP contribution >= 0.6 is 0 Å². The molecule has 1 atom stereocenters. The van der Waals surface area contributed by atoms with Gasteiger partial charge in [0.15, 0.2) is 0 Å². The molecular formula is C13H26N2O2. The second kappa shape index (κ2) is 6.97. The van der Waals surface area contributed by atoms with Gasteiger partial charge in [0.2, 0.25) is 5.91 Å². The van der Waals surface area contributed by atoms with Gasteiger partial charge in [-0.3, -0.25) is 4.79 Å². The Kier molecular flexibility index (Phi) is 5.92. The van der Waals surface area contributed by atoms with Gasteiger partial charge in [0.25, 0.3) is 0 Å². The normalized spacial score (nSPS) is 23.4. The predicted octanol–water partition coefficient (Wildman–Crippen LogP) is 1.31. The van der Waals surface area contributed by atoms with Crippen molar-refractivity contribution in [3.63, 3.8) is 0 Å². The van der Waals surface area contributed by atoms with Crippen molar-refractivity contribution in [1.29, 1.82) is 0 Å². The van der Waals surface area contributed by atoms with Gasteiger partial charge in [-0.2, -0.15) is 0 Å². The summed E-state index contributed by atoms with van der Waals surface area (Å²) in [6.07, 6.45) is 4.25. The van der Waals surface area contributed by atoms with Gasteiger partial charge in [-0.05, 0) is 37.6 Å². The third kappa shape index (κ3) is 4.64. The summed E-state index contributed by atoms with van der Waals surface area (Å²) >= 11 is 0. The van der Waals surface area contributed by atoms with Crippen LogP contribution in [-0.2, 0) is 9.53 Å². The lowest BCUT2D eigenvalue weighted by Crippen LogP contribution is -2.55. The Morgan fingerprint density at radius 1 is 1.47 bits per heavy atom. The summed E-state index contributed by atoms with van der Waals surface area (Å²) in [5.74, 6) is 0.145. The minimum atomic E-state index is -0.0429. The van der Waals surface area contributed by atoms with Gasteiger partial charge in [-0.25, -0.2) is 0 Å². The first kappa shape index (κ1) is 14.5. The van der Waals surface area contributed by atoms with E-state index in [9.17, 15) is 4.79 Å². The molecule has 1 fully saturated rings. The molecule has 1 aliphatic rings. The number of amides is 1. The molecule has 4 heteroatoms. The van der Waals surface area contributed by atoms with Crippen molar-refractivity contribution in [3.05, 3.63) is 0 Å². The second-order valence-electron chi connectivity index (χ2n) is 5.47. The van der Waals surface area contributed by atoms with E-state index in [4.69, 9.17) is 4.74 Å². The molecule has 0 aromatic rings. The topological polar surface area (TPSA) is 50.4 Å². The molecular weight excluding hydrogens is 216 g/mol. The fraction of sp³-hybridized carbons (Fsp3) is 0.923. The van der Waals surface area contributed by atoms with Crippen molar-refractivity contribution in [2.45, 2.75) is 45.6 Å². The first-order valence-electron chi connectivity index (χ1n) is 6.58. The number of nitrogens with one attached hydrogen (secondary N) is 2. The van der Waals surface area contributed by atoms with Gasteiger partial charge < -0.3 is 15.4 Å². The summed E-state index contributed by atoms with van der Waals surface area (Å²) in [5, 5.41) is 6.33. The van der Waals surface area contributed by atoms with E-state index in [1.807, 2.05) is 0 Å². The number of methoxy groups -OCH3 is 1. The molecule has 0 saturated carbocycles. The molecule has 0 radical (unpaired) electrons. The van der Waals surface area contributed by atoms with Crippen LogP contribution in [0.2, 0.25) is 0 Å². The van der Waals surface area contributed by atoms with E-state index in [1.54, 1.807) is 7.11 Å². The van der Waals surface area contributed by atoms with Crippen LogP contribution in [0.25, 0.3) is 0 Å². The Bertz CT molecular complexity index is 242. The van der Waals surface area contributed by atoms with Gasteiger partial charge in [0.1, 0.15) is 0 Å². The molecule has 1 aliphatic heterocycles. The van der Waals surface area contributed by atoms with Crippen molar-refractivity contribution >= 4 is 5.91 Å². The predicted molar refractivity (Wildman–Crippen MR) is 68.9 cm³/mol. The molecule has 1 rings (SSSR count). The summed E-state index contributed by atoms with van der Waals surface area (Å²) in [4.78, 5) is 12.0. The lowest BCUT2D eigenvalue weighted by atomic mass is 9.77. The van der Waals surface area contributed by atoms with Crippen molar-refractivity contribution in [3.8, 4) is 0 Å². The van der Waals surface area contributed by atoms with E-state index < -0.39 is 0 Å². The fourth-order valence-electron chi connectivity index (χ4n) is 2.34. The second-order valence-corrected chi connectivity index (χ2v) is 5.47. The molecule has 0 aromatic heterocycles. The summed E-state index contributed by atoms with van der Waals surface area (Å²) in [6, 6.07) is -0.0429. The molecule has 0 aliphatic carbocycles. The monoisotopic (exact) mass is 242 g/mol. The summed E-state index contributed by atoms with van der Waals surface area (Å²) in [7, 11) is 1.70. The highest BCUT2D eigenvalue weighted by Crippen LogP contribution is 2.29. The first-order valence-corrected chi connectivity index (χ1v) is 6.58. The lowest BCUT2D eigenvalue weighted by Gasteiger charge is -2.38. The fourth-order valence-corrected chi connectivity index (χ4v) is 2.34. The zero-order valence-electron chi connectivity index (χ0n) is 11.3. The molecule has 1 amide bonds. The Balaban J connectivity index is 2.26. The number of piperidine rings is 1. The van der Waals surface area contributed by atoms with Crippen LogP contribution in [0.3, 0.4) is 0 Å². The van der Waals surface area contributed by atoms with Crippen LogP contribution in [0.15, 0.2) is 0 Å². The third-order valence-corrected chi connectivity index (χ3v) is 3.46. The average Bonchev–Trinajstić information content (AvgIpc) is 2.28. The number of ether oxygens (including phenoxy) is 1. The molecule has 2 N–H and O–H groups in total. The van der Waals surface area contributed by atoms with E-state index in [0.29, 0.717) is 0 Å². The maximum atomic E-state index is 12.0. The minimum Gasteiger partial charge on any atom is -0.385 e. The highest BCUT2D eigenvalue weighted by Gasteiger charge is 2.36. The van der Waals surface area contributed by atoms with E-state index in [1.165, 1.54) is 0 Å². The van der Waals surface area contributed by atoms with Crippen LogP contribution in [-0.4, -0.2) is 38.8 Å². The zero-order valence-corrected chi connectivity index (χ0v) is 11.3. The van der Waals surface area contributed by atoms with Crippen LogP contribution in [0, 0.1) is 5.41 Å². The smallest absolute Gasteiger partial charge is 0.237 e. The first-order chi connectivity index (χ1) is 8.08. The number of rotatable bonds is 6. The zero-order chi connectivity index (χ0) is 12.7. The van der Waals surface area contributed by atoms with Gasteiger partial charge in [0, 0.05) is 20.3 Å². The van der Waals surface area contributed by atoms with E-state index >= 15 is 0 Å². The Morgan fingerprint density at radius 3 is 2.88 bits per heavy atom. The largest absolute Gasteiger partial charge is 0.385 e. The van der Waals surface area contributed by atoms with Gasteiger partial charge in [-0.1, -0.05) is 13.8 Å². The number of carbonyl (C=O) groups excluding carboxylic acids is 1. The highest BCUT2D eigenvalue weighted by molar-refractivity contribution is 5.82.